The van der Waals surface area contributed by atoms with Gasteiger partial charge in [-0.1, -0.05) is 68.4 Å². The molecule has 0 aliphatic rings. The van der Waals surface area contributed by atoms with Gasteiger partial charge in [-0.15, -0.1) is 0 Å². The molecule has 3 rings (SSSR count). The maximum atomic E-state index is 14.1. The van der Waals surface area contributed by atoms with E-state index in [0.717, 1.165) is 15.4 Å². The van der Waals surface area contributed by atoms with Crippen molar-refractivity contribution in [3.63, 3.8) is 0 Å². The van der Waals surface area contributed by atoms with E-state index in [1.807, 2.05) is 12.1 Å². The number of rotatable bonds is 11. The highest BCUT2D eigenvalue weighted by molar-refractivity contribution is 6.06. The Morgan fingerprint density at radius 3 is 2.28 bits per heavy atom. The number of nitrogens with one attached hydrogen (secondary N) is 1. The molecule has 10 nitrogen and oxygen atoms in total. The van der Waals surface area contributed by atoms with E-state index in [1.165, 1.54) is 13.1 Å². The van der Waals surface area contributed by atoms with Gasteiger partial charge < -0.3 is 15.2 Å². The Kier molecular flexibility index (Phi) is 9.86. The SMILES string of the molecule is CC(=O)N([C@@H](C=O)CCC(=O)O)N(Cc1ccccc1)C(=O)[C@@H](NC(=O)c1nccc2ccccc12)C(C)C. The van der Waals surface area contributed by atoms with Crippen molar-refractivity contribution in [3.05, 3.63) is 78.1 Å². The summed E-state index contributed by atoms with van der Waals surface area (Å²) >= 11 is 0. The summed E-state index contributed by atoms with van der Waals surface area (Å²) in [6.45, 7) is 4.62. The number of benzene rings is 2. The fourth-order valence-electron chi connectivity index (χ4n) is 4.30. The number of nitrogens with zero attached hydrogens (tertiary/aromatic N) is 3. The van der Waals surface area contributed by atoms with Gasteiger partial charge in [-0.3, -0.25) is 24.2 Å². The molecule has 0 fully saturated rings. The molecule has 0 aliphatic carbocycles. The molecular weight excluding hydrogens is 500 g/mol. The van der Waals surface area contributed by atoms with Gasteiger partial charge in [0.15, 0.2) is 0 Å². The van der Waals surface area contributed by atoms with Crippen molar-refractivity contribution in [3.8, 4) is 0 Å². The molecule has 2 N–H and O–H groups in total. The second-order valence-corrected chi connectivity index (χ2v) is 9.46. The van der Waals surface area contributed by atoms with Crippen molar-refractivity contribution in [2.75, 3.05) is 0 Å². The lowest BCUT2D eigenvalue weighted by Crippen LogP contribution is -2.60. The highest BCUT2D eigenvalue weighted by atomic mass is 16.4. The first-order valence-corrected chi connectivity index (χ1v) is 12.6. The first-order valence-electron chi connectivity index (χ1n) is 12.6. The quantitative estimate of drug-likeness (QED) is 0.286. The van der Waals surface area contributed by atoms with Crippen molar-refractivity contribution in [1.82, 2.24) is 20.3 Å². The Labute approximate surface area is 226 Å². The zero-order valence-electron chi connectivity index (χ0n) is 22.1. The molecule has 204 valence electrons. The number of hydrazine groups is 1. The van der Waals surface area contributed by atoms with E-state index >= 15 is 0 Å². The van der Waals surface area contributed by atoms with E-state index in [4.69, 9.17) is 5.11 Å². The number of aromatic nitrogens is 1. The standard InChI is InChI=1S/C29H32N4O6/c1-19(2)26(31-28(38)27-24-12-8-7-11-22(24)15-16-30-27)29(39)32(17-21-9-5-4-6-10-21)33(20(3)35)23(18-34)13-14-25(36)37/h4-12,15-16,18-19,23,26H,13-14,17H2,1-3H3,(H,31,38)(H,36,37)/t23-,26+/m1/s1. The summed E-state index contributed by atoms with van der Waals surface area (Å²) in [6.07, 6.45) is 1.41. The minimum atomic E-state index is -1.20. The van der Waals surface area contributed by atoms with Crippen LogP contribution >= 0.6 is 0 Å². The lowest BCUT2D eigenvalue weighted by atomic mass is 10.0. The lowest BCUT2D eigenvalue weighted by Gasteiger charge is -2.40. The molecule has 10 heteroatoms. The Bertz CT molecular complexity index is 1340. The molecule has 1 heterocycles. The number of hydrogen-bond acceptors (Lipinski definition) is 6. The maximum absolute atomic E-state index is 14.1. The number of carbonyl (C=O) groups is 5. The van der Waals surface area contributed by atoms with E-state index < -0.39 is 41.7 Å². The lowest BCUT2D eigenvalue weighted by molar-refractivity contribution is -0.172. The van der Waals surface area contributed by atoms with Crippen LogP contribution in [-0.4, -0.2) is 62.2 Å². The Morgan fingerprint density at radius 2 is 1.67 bits per heavy atom. The molecule has 0 aliphatic heterocycles. The topological polar surface area (TPSA) is 137 Å². The molecular formula is C29H32N4O6. The predicted molar refractivity (Wildman–Crippen MR) is 144 cm³/mol. The minimum absolute atomic E-state index is 0.0811. The first-order chi connectivity index (χ1) is 18.6. The number of carboxylic acid groups (broad SMARTS) is 1. The van der Waals surface area contributed by atoms with Crippen LogP contribution in [0.1, 0.15) is 49.7 Å². The summed E-state index contributed by atoms with van der Waals surface area (Å²) in [6, 6.07) is 15.6. The number of carbonyl (C=O) groups excluding carboxylic acids is 4. The zero-order valence-corrected chi connectivity index (χ0v) is 22.1. The predicted octanol–water partition coefficient (Wildman–Crippen LogP) is 3.21. The molecule has 0 saturated carbocycles. The molecule has 1 aromatic heterocycles. The second-order valence-electron chi connectivity index (χ2n) is 9.46. The van der Waals surface area contributed by atoms with Crippen molar-refractivity contribution >= 4 is 40.7 Å². The summed E-state index contributed by atoms with van der Waals surface area (Å²) in [4.78, 5) is 67.8. The van der Waals surface area contributed by atoms with E-state index in [0.29, 0.717) is 17.2 Å². The third-order valence-corrected chi connectivity index (χ3v) is 6.25. The second kappa shape index (κ2) is 13.3. The number of fused-ring (bicyclic) bond motifs is 1. The molecule has 0 bridgehead atoms. The van der Waals surface area contributed by atoms with Crippen LogP contribution < -0.4 is 5.32 Å². The van der Waals surface area contributed by atoms with Crippen molar-refractivity contribution in [1.29, 1.82) is 0 Å². The van der Waals surface area contributed by atoms with Gasteiger partial charge in [-0.2, -0.15) is 0 Å². The van der Waals surface area contributed by atoms with E-state index in [1.54, 1.807) is 62.4 Å². The number of carboxylic acids is 1. The third-order valence-electron chi connectivity index (χ3n) is 6.25. The van der Waals surface area contributed by atoms with Crippen LogP contribution in [0.3, 0.4) is 0 Å². The van der Waals surface area contributed by atoms with Crippen LogP contribution in [0.25, 0.3) is 10.8 Å². The molecule has 3 amide bonds. The minimum Gasteiger partial charge on any atom is -0.481 e. The van der Waals surface area contributed by atoms with E-state index in [2.05, 4.69) is 10.3 Å². The van der Waals surface area contributed by atoms with Crippen molar-refractivity contribution in [2.24, 2.45) is 5.92 Å². The van der Waals surface area contributed by atoms with Crippen LogP contribution in [0, 0.1) is 5.92 Å². The molecule has 0 radical (unpaired) electrons. The van der Waals surface area contributed by atoms with Gasteiger partial charge in [0.2, 0.25) is 5.91 Å². The smallest absolute Gasteiger partial charge is 0.303 e. The van der Waals surface area contributed by atoms with Crippen LogP contribution in [0.4, 0.5) is 0 Å². The Hall–Kier alpha value is -4.60. The molecule has 0 saturated heterocycles. The van der Waals surface area contributed by atoms with Gasteiger partial charge in [0.1, 0.15) is 24.1 Å². The van der Waals surface area contributed by atoms with Gasteiger partial charge >= 0.3 is 5.97 Å². The summed E-state index contributed by atoms with van der Waals surface area (Å²) < 4.78 is 0. The molecule has 2 aromatic carbocycles. The van der Waals surface area contributed by atoms with Crippen LogP contribution in [-0.2, 0) is 25.7 Å². The van der Waals surface area contributed by atoms with Gasteiger partial charge in [-0.25, -0.2) is 10.0 Å². The summed E-state index contributed by atoms with van der Waals surface area (Å²) in [5, 5.41) is 15.5. The number of amides is 3. The number of pyridine rings is 1. The monoisotopic (exact) mass is 532 g/mol. The van der Waals surface area contributed by atoms with E-state index in [-0.39, 0.29) is 25.1 Å². The fourth-order valence-corrected chi connectivity index (χ4v) is 4.30. The average molecular weight is 533 g/mol. The first kappa shape index (κ1) is 29.0. The zero-order chi connectivity index (χ0) is 28.5. The Balaban J connectivity index is 2.00. The number of aliphatic carboxylic acids is 1. The molecule has 2 atom stereocenters. The van der Waals surface area contributed by atoms with Crippen LogP contribution in [0.2, 0.25) is 0 Å². The number of hydrogen-bond donors (Lipinski definition) is 2. The fraction of sp³-hybridized carbons (Fsp3) is 0.310. The molecule has 0 spiro atoms. The average Bonchev–Trinajstić information content (AvgIpc) is 2.92. The van der Waals surface area contributed by atoms with Crippen molar-refractivity contribution in [2.45, 2.75) is 52.2 Å². The summed E-state index contributed by atoms with van der Waals surface area (Å²) in [7, 11) is 0. The van der Waals surface area contributed by atoms with Crippen molar-refractivity contribution < 1.29 is 29.1 Å². The highest BCUT2D eigenvalue weighted by Crippen LogP contribution is 2.20. The highest BCUT2D eigenvalue weighted by Gasteiger charge is 2.37. The molecule has 3 aromatic rings. The molecule has 0 unspecified atom stereocenters. The largest absolute Gasteiger partial charge is 0.481 e. The molecule has 39 heavy (non-hydrogen) atoms. The van der Waals surface area contributed by atoms with Crippen LogP contribution in [0.15, 0.2) is 66.9 Å². The normalized spacial score (nSPS) is 12.4. The van der Waals surface area contributed by atoms with Gasteiger partial charge in [0.05, 0.1) is 6.54 Å². The van der Waals surface area contributed by atoms with Crippen LogP contribution in [0.5, 0.6) is 0 Å². The van der Waals surface area contributed by atoms with Gasteiger partial charge in [0, 0.05) is 24.9 Å². The Morgan fingerprint density at radius 1 is 1.00 bits per heavy atom. The third kappa shape index (κ3) is 7.25. The summed E-state index contributed by atoms with van der Waals surface area (Å²) in [5.74, 6) is -3.35. The number of aldehydes is 1. The van der Waals surface area contributed by atoms with Gasteiger partial charge in [-0.05, 0) is 29.4 Å². The summed E-state index contributed by atoms with van der Waals surface area (Å²) in [5.41, 5.74) is 0.821. The van der Waals surface area contributed by atoms with E-state index in [9.17, 15) is 24.0 Å². The maximum Gasteiger partial charge on any atom is 0.303 e. The van der Waals surface area contributed by atoms with Gasteiger partial charge in [0.25, 0.3) is 11.8 Å².